The fraction of sp³-hybridized carbons (Fsp3) is 0.515. The summed E-state index contributed by atoms with van der Waals surface area (Å²) in [5, 5.41) is 2.91. The Morgan fingerprint density at radius 3 is 2.24 bits per heavy atom. The molecule has 6 aliphatic rings. The van der Waals surface area contributed by atoms with Crippen LogP contribution in [0.5, 0.6) is 0 Å². The van der Waals surface area contributed by atoms with Crippen LogP contribution >= 0.6 is 0 Å². The van der Waals surface area contributed by atoms with E-state index >= 15 is 0 Å². The fourth-order valence-corrected chi connectivity index (χ4v) is 8.85. The maximum Gasteiger partial charge on any atom is -0.00987 e. The first-order valence-electron chi connectivity index (χ1n) is 13.9. The van der Waals surface area contributed by atoms with E-state index in [1.54, 1.807) is 5.56 Å². The zero-order valence-electron chi connectivity index (χ0n) is 20.2. The van der Waals surface area contributed by atoms with Crippen molar-refractivity contribution < 1.29 is 0 Å². The highest BCUT2D eigenvalue weighted by molar-refractivity contribution is 5.79. The van der Waals surface area contributed by atoms with Gasteiger partial charge in [0.1, 0.15) is 0 Å². The van der Waals surface area contributed by atoms with Crippen LogP contribution < -0.4 is 10.4 Å². The van der Waals surface area contributed by atoms with Gasteiger partial charge in [-0.05, 0) is 138 Å². The Morgan fingerprint density at radius 2 is 1.48 bits per heavy atom. The minimum atomic E-state index is 0.778. The Kier molecular flexibility index (Phi) is 4.92. The molecule has 0 amide bonds. The molecule has 0 aromatic heterocycles. The number of aryl methyl sites for hydroxylation is 1. The van der Waals surface area contributed by atoms with Crippen molar-refractivity contribution in [3.05, 3.63) is 69.6 Å². The second-order valence-electron chi connectivity index (χ2n) is 12.2. The van der Waals surface area contributed by atoms with Crippen LogP contribution in [-0.2, 0) is 0 Å². The van der Waals surface area contributed by atoms with Gasteiger partial charge in [-0.25, -0.2) is 0 Å². The lowest BCUT2D eigenvalue weighted by molar-refractivity contribution is -0.00260. The van der Waals surface area contributed by atoms with Crippen molar-refractivity contribution in [3.8, 4) is 11.1 Å². The van der Waals surface area contributed by atoms with Crippen molar-refractivity contribution in [2.24, 2.45) is 29.6 Å². The van der Waals surface area contributed by atoms with Crippen LogP contribution in [-0.4, -0.2) is 0 Å². The number of fused-ring (bicyclic) bond motifs is 1. The molecule has 0 aliphatic heterocycles. The van der Waals surface area contributed by atoms with E-state index in [1.807, 2.05) is 0 Å². The van der Waals surface area contributed by atoms with E-state index in [0.29, 0.717) is 0 Å². The van der Waals surface area contributed by atoms with Gasteiger partial charge in [-0.1, -0.05) is 61.7 Å². The molecule has 0 N–H and O–H groups in total. The summed E-state index contributed by atoms with van der Waals surface area (Å²) in [6, 6.07) is 14.4. The lowest BCUT2D eigenvalue weighted by Gasteiger charge is -2.55. The Morgan fingerprint density at radius 1 is 0.758 bits per heavy atom. The second-order valence-corrected chi connectivity index (χ2v) is 12.2. The van der Waals surface area contributed by atoms with Crippen molar-refractivity contribution in [2.75, 3.05) is 0 Å². The van der Waals surface area contributed by atoms with E-state index in [9.17, 15) is 0 Å². The van der Waals surface area contributed by atoms with Crippen molar-refractivity contribution in [3.63, 3.8) is 0 Å². The highest BCUT2D eigenvalue weighted by Gasteiger charge is 2.49. The quantitative estimate of drug-likeness (QED) is 0.476. The van der Waals surface area contributed by atoms with Gasteiger partial charge in [0, 0.05) is 0 Å². The van der Waals surface area contributed by atoms with Crippen LogP contribution in [0.1, 0.15) is 81.3 Å². The molecule has 0 unspecified atom stereocenters. The first-order chi connectivity index (χ1) is 16.2. The van der Waals surface area contributed by atoms with Crippen LogP contribution in [0.3, 0.4) is 0 Å². The number of hydrogen-bond acceptors (Lipinski definition) is 0. The van der Waals surface area contributed by atoms with E-state index in [4.69, 9.17) is 0 Å². The molecule has 0 spiro atoms. The summed E-state index contributed by atoms with van der Waals surface area (Å²) in [6.45, 7) is 2.28. The average Bonchev–Trinajstić information content (AvgIpc) is 3.21. The van der Waals surface area contributed by atoms with Gasteiger partial charge in [-0.15, -0.1) is 0 Å². The van der Waals surface area contributed by atoms with E-state index < -0.39 is 0 Å². The maximum absolute atomic E-state index is 2.59. The fourth-order valence-electron chi connectivity index (χ4n) is 8.85. The zero-order chi connectivity index (χ0) is 21.9. The molecule has 0 atom stereocenters. The molecular weight excluding hydrogens is 396 g/mol. The first-order valence-corrected chi connectivity index (χ1v) is 13.9. The van der Waals surface area contributed by atoms with Crippen molar-refractivity contribution in [2.45, 2.75) is 77.0 Å². The number of benzene rings is 2. The predicted octanol–water partition coefficient (Wildman–Crippen LogP) is 7.28. The molecule has 6 aliphatic carbocycles. The summed E-state index contributed by atoms with van der Waals surface area (Å²) in [4.78, 5) is 0. The summed E-state index contributed by atoms with van der Waals surface area (Å²) in [5.41, 5.74) is 7.52. The first kappa shape index (κ1) is 20.3. The molecule has 5 saturated carbocycles. The van der Waals surface area contributed by atoms with E-state index in [-0.39, 0.29) is 0 Å². The molecule has 0 saturated heterocycles. The molecule has 5 fully saturated rings. The summed E-state index contributed by atoms with van der Waals surface area (Å²) in [5.74, 6) is 5.49. The van der Waals surface area contributed by atoms with E-state index in [2.05, 4.69) is 61.5 Å². The molecule has 170 valence electrons. The Balaban J connectivity index is 1.32. The Labute approximate surface area is 199 Å². The lowest BCUT2D eigenvalue weighted by atomic mass is 9.50. The molecule has 4 bridgehead atoms. The van der Waals surface area contributed by atoms with Gasteiger partial charge in [0.15, 0.2) is 0 Å². The second kappa shape index (κ2) is 8.00. The van der Waals surface area contributed by atoms with Crippen molar-refractivity contribution in [1.29, 1.82) is 0 Å². The third-order valence-electron chi connectivity index (χ3n) is 9.90. The molecule has 0 heteroatoms. The number of rotatable bonds is 3. The molecule has 33 heavy (non-hydrogen) atoms. The molecule has 2 aromatic rings. The summed E-state index contributed by atoms with van der Waals surface area (Å²) >= 11 is 0. The van der Waals surface area contributed by atoms with Gasteiger partial charge in [-0.3, -0.25) is 0 Å². The van der Waals surface area contributed by atoms with Crippen LogP contribution in [0.15, 0.2) is 48.0 Å². The van der Waals surface area contributed by atoms with Crippen LogP contribution in [0.4, 0.5) is 0 Å². The smallest absolute Gasteiger partial charge is 0.00987 e. The molecule has 2 aromatic carbocycles. The molecule has 0 nitrogen and oxygen atoms in total. The molecule has 8 rings (SSSR count). The Hall–Kier alpha value is -2.08. The average molecular weight is 435 g/mol. The topological polar surface area (TPSA) is 0 Å². The standard InChI is InChI=1S/C33H38/c1-21-11-26-15-25(13-22-7-3-2-4-8-22)20-31(26)32(12-21)29-9-5-6-10-30(29)33-27-16-23-14-24(18-27)19-28(33)17-23/h5-6,9-13,15,20,22-24,27-28,33H,2-4,7-8,14,16-19H2,1H3. The van der Waals surface area contributed by atoms with Gasteiger partial charge < -0.3 is 0 Å². The van der Waals surface area contributed by atoms with Gasteiger partial charge in [-0.2, -0.15) is 0 Å². The lowest BCUT2D eigenvalue weighted by Crippen LogP contribution is -2.44. The third kappa shape index (κ3) is 3.56. The SMILES string of the molecule is Cc1cc(-c2ccccc2C2C3CC4CC(C3)CC2C4)c2c(c1)=CC(=CC1CCCCC1)C=2. The van der Waals surface area contributed by atoms with E-state index in [0.717, 1.165) is 35.5 Å². The van der Waals surface area contributed by atoms with E-state index in [1.165, 1.54) is 96.9 Å². The molecular formula is C33H38. The summed E-state index contributed by atoms with van der Waals surface area (Å²) in [6.07, 6.45) is 22.1. The van der Waals surface area contributed by atoms with Gasteiger partial charge in [0.05, 0.1) is 0 Å². The van der Waals surface area contributed by atoms with Crippen molar-refractivity contribution in [1.82, 2.24) is 0 Å². The van der Waals surface area contributed by atoms with Crippen molar-refractivity contribution >= 4 is 12.2 Å². The highest BCUT2D eigenvalue weighted by atomic mass is 14.5. The molecule has 0 radical (unpaired) electrons. The predicted molar refractivity (Wildman–Crippen MR) is 139 cm³/mol. The van der Waals surface area contributed by atoms with Gasteiger partial charge in [0.25, 0.3) is 0 Å². The number of hydrogen-bond donors (Lipinski definition) is 0. The monoisotopic (exact) mass is 434 g/mol. The minimum Gasteiger partial charge on any atom is -0.0741 e. The van der Waals surface area contributed by atoms with Crippen LogP contribution in [0.2, 0.25) is 0 Å². The minimum absolute atomic E-state index is 0.778. The Bertz CT molecular complexity index is 1190. The summed E-state index contributed by atoms with van der Waals surface area (Å²) < 4.78 is 0. The molecule has 0 heterocycles. The van der Waals surface area contributed by atoms with Crippen LogP contribution in [0, 0.1) is 36.5 Å². The maximum atomic E-state index is 2.59. The third-order valence-corrected chi connectivity index (χ3v) is 9.90. The number of allylic oxidation sites excluding steroid dienone is 2. The normalized spacial score (nSPS) is 33.7. The largest absolute Gasteiger partial charge is 0.0741 e. The summed E-state index contributed by atoms with van der Waals surface area (Å²) in [7, 11) is 0. The van der Waals surface area contributed by atoms with Gasteiger partial charge >= 0.3 is 0 Å². The van der Waals surface area contributed by atoms with Crippen LogP contribution in [0.25, 0.3) is 23.3 Å². The highest BCUT2D eigenvalue weighted by Crippen LogP contribution is 2.60. The zero-order valence-corrected chi connectivity index (χ0v) is 20.2. The van der Waals surface area contributed by atoms with Gasteiger partial charge in [0.2, 0.25) is 0 Å².